The highest BCUT2D eigenvalue weighted by atomic mass is 16.5. The van der Waals surface area contributed by atoms with Crippen molar-refractivity contribution in [1.29, 1.82) is 0 Å². The third kappa shape index (κ3) is 3.60. The van der Waals surface area contributed by atoms with E-state index in [-0.39, 0.29) is 17.6 Å². The number of carbonyl (C=O) groups excluding carboxylic acids is 1. The van der Waals surface area contributed by atoms with E-state index in [1.54, 1.807) is 18.2 Å². The van der Waals surface area contributed by atoms with Gasteiger partial charge in [-0.05, 0) is 43.9 Å². The fraction of sp³-hybridized carbons (Fsp3) is 0.438. The van der Waals surface area contributed by atoms with Crippen LogP contribution in [-0.2, 0) is 9.53 Å². The monoisotopic (exact) mass is 260 g/mol. The minimum absolute atomic E-state index is 0.247. The van der Waals surface area contributed by atoms with Gasteiger partial charge in [0.1, 0.15) is 5.75 Å². The molecule has 1 aliphatic rings. The van der Waals surface area contributed by atoms with Gasteiger partial charge in [-0.1, -0.05) is 24.1 Å². The zero-order valence-electron chi connectivity index (χ0n) is 11.3. The quantitative estimate of drug-likeness (QED) is 0.668. The molecule has 1 N–H and O–H groups in total. The Hall–Kier alpha value is -1.77. The lowest BCUT2D eigenvalue weighted by Crippen LogP contribution is -2.11. The number of ether oxygens (including phenoxy) is 1. The summed E-state index contributed by atoms with van der Waals surface area (Å²) in [6, 6.07) is 7.27. The Morgan fingerprint density at radius 2 is 2.11 bits per heavy atom. The van der Waals surface area contributed by atoms with Gasteiger partial charge in [0, 0.05) is 12.0 Å². The molecule has 2 rings (SSSR count). The van der Waals surface area contributed by atoms with Crippen LogP contribution in [0, 0.1) is 0 Å². The topological polar surface area (TPSA) is 46.5 Å². The first kappa shape index (κ1) is 13.7. The Bertz CT molecular complexity index is 459. The second kappa shape index (κ2) is 6.41. The standard InChI is InChI=1S/C16H20O3/c1-2-19-16(18)11-13-5-3-4-6-15(13)12-7-9-14(17)10-8-12/h7-11,15,17H,2-6H2,1H3. The summed E-state index contributed by atoms with van der Waals surface area (Å²) in [6.07, 6.45) is 5.95. The minimum Gasteiger partial charge on any atom is -0.508 e. The van der Waals surface area contributed by atoms with Crippen LogP contribution in [0.3, 0.4) is 0 Å². The highest BCUT2D eigenvalue weighted by Crippen LogP contribution is 2.37. The van der Waals surface area contributed by atoms with Crippen LogP contribution in [-0.4, -0.2) is 17.7 Å². The zero-order valence-corrected chi connectivity index (χ0v) is 11.3. The van der Waals surface area contributed by atoms with Gasteiger partial charge in [0.05, 0.1) is 6.61 Å². The highest BCUT2D eigenvalue weighted by Gasteiger charge is 2.21. The molecule has 1 saturated carbocycles. The summed E-state index contributed by atoms with van der Waals surface area (Å²) in [5.74, 6) is 0.303. The van der Waals surface area contributed by atoms with E-state index in [0.29, 0.717) is 6.61 Å². The summed E-state index contributed by atoms with van der Waals surface area (Å²) < 4.78 is 4.99. The van der Waals surface area contributed by atoms with Crippen molar-refractivity contribution in [3.63, 3.8) is 0 Å². The van der Waals surface area contributed by atoms with Gasteiger partial charge in [-0.3, -0.25) is 0 Å². The van der Waals surface area contributed by atoms with Crippen LogP contribution < -0.4 is 0 Å². The molecule has 0 radical (unpaired) electrons. The van der Waals surface area contributed by atoms with Gasteiger partial charge in [0.15, 0.2) is 0 Å². The van der Waals surface area contributed by atoms with E-state index in [1.807, 2.05) is 19.1 Å². The molecule has 3 heteroatoms. The van der Waals surface area contributed by atoms with Crippen LogP contribution >= 0.6 is 0 Å². The van der Waals surface area contributed by atoms with Gasteiger partial charge in [-0.15, -0.1) is 0 Å². The van der Waals surface area contributed by atoms with Crippen molar-refractivity contribution >= 4 is 5.97 Å². The summed E-state index contributed by atoms with van der Waals surface area (Å²) in [4.78, 5) is 11.6. The number of allylic oxidation sites excluding steroid dienone is 1. The summed E-state index contributed by atoms with van der Waals surface area (Å²) in [6.45, 7) is 2.22. The largest absolute Gasteiger partial charge is 0.508 e. The lowest BCUT2D eigenvalue weighted by molar-refractivity contribution is -0.137. The second-order valence-corrected chi connectivity index (χ2v) is 4.86. The summed E-state index contributed by atoms with van der Waals surface area (Å²) in [5, 5.41) is 9.35. The molecule has 0 bridgehead atoms. The summed E-state index contributed by atoms with van der Waals surface area (Å²) >= 11 is 0. The van der Waals surface area contributed by atoms with Crippen molar-refractivity contribution in [2.24, 2.45) is 0 Å². The van der Waals surface area contributed by atoms with Crippen LogP contribution in [0.4, 0.5) is 0 Å². The number of hydrogen-bond donors (Lipinski definition) is 1. The number of rotatable bonds is 3. The number of phenols is 1. The zero-order chi connectivity index (χ0) is 13.7. The third-order valence-electron chi connectivity index (χ3n) is 3.54. The maximum Gasteiger partial charge on any atom is 0.330 e. The number of aromatic hydroxyl groups is 1. The molecule has 1 aromatic rings. The molecular formula is C16H20O3. The molecule has 0 amide bonds. The molecule has 1 aromatic carbocycles. The smallest absolute Gasteiger partial charge is 0.330 e. The van der Waals surface area contributed by atoms with E-state index >= 15 is 0 Å². The SMILES string of the molecule is CCOC(=O)C=C1CCCCC1c1ccc(O)cc1. The van der Waals surface area contributed by atoms with Gasteiger partial charge < -0.3 is 9.84 Å². The van der Waals surface area contributed by atoms with E-state index < -0.39 is 0 Å². The number of carbonyl (C=O) groups is 1. The highest BCUT2D eigenvalue weighted by molar-refractivity contribution is 5.83. The van der Waals surface area contributed by atoms with Crippen LogP contribution in [0.25, 0.3) is 0 Å². The molecule has 1 fully saturated rings. The third-order valence-corrected chi connectivity index (χ3v) is 3.54. The maximum atomic E-state index is 11.6. The molecule has 0 aliphatic heterocycles. The average molecular weight is 260 g/mol. The lowest BCUT2D eigenvalue weighted by Gasteiger charge is -2.25. The second-order valence-electron chi connectivity index (χ2n) is 4.86. The minimum atomic E-state index is -0.247. The van der Waals surface area contributed by atoms with Crippen molar-refractivity contribution in [2.75, 3.05) is 6.61 Å². The Kier molecular flexibility index (Phi) is 4.61. The molecular weight excluding hydrogens is 240 g/mol. The van der Waals surface area contributed by atoms with Gasteiger partial charge >= 0.3 is 5.97 Å². The Balaban J connectivity index is 2.20. The Labute approximate surface area is 113 Å². The number of esters is 1. The molecule has 102 valence electrons. The molecule has 0 aromatic heterocycles. The average Bonchev–Trinajstić information content (AvgIpc) is 2.41. The predicted molar refractivity (Wildman–Crippen MR) is 74.0 cm³/mol. The van der Waals surface area contributed by atoms with E-state index in [9.17, 15) is 9.90 Å². The van der Waals surface area contributed by atoms with E-state index in [0.717, 1.165) is 30.4 Å². The molecule has 0 saturated heterocycles. The Morgan fingerprint density at radius 3 is 2.79 bits per heavy atom. The van der Waals surface area contributed by atoms with E-state index in [4.69, 9.17) is 4.74 Å². The molecule has 1 unspecified atom stereocenters. The van der Waals surface area contributed by atoms with Crippen LogP contribution in [0.15, 0.2) is 35.9 Å². The molecule has 19 heavy (non-hydrogen) atoms. The molecule has 1 atom stereocenters. The van der Waals surface area contributed by atoms with Gasteiger partial charge in [-0.2, -0.15) is 0 Å². The fourth-order valence-corrected chi connectivity index (χ4v) is 2.63. The van der Waals surface area contributed by atoms with Crippen molar-refractivity contribution in [2.45, 2.75) is 38.5 Å². The van der Waals surface area contributed by atoms with Gasteiger partial charge in [-0.25, -0.2) is 4.79 Å². The van der Waals surface area contributed by atoms with Crippen molar-refractivity contribution < 1.29 is 14.6 Å². The van der Waals surface area contributed by atoms with E-state index in [2.05, 4.69) is 0 Å². The molecule has 0 spiro atoms. The normalized spacial score (nSPS) is 21.3. The number of benzene rings is 1. The first-order chi connectivity index (χ1) is 9.20. The van der Waals surface area contributed by atoms with Crippen LogP contribution in [0.1, 0.15) is 44.1 Å². The van der Waals surface area contributed by atoms with Crippen molar-refractivity contribution in [3.8, 4) is 5.75 Å². The van der Waals surface area contributed by atoms with Crippen molar-refractivity contribution in [1.82, 2.24) is 0 Å². The first-order valence-electron chi connectivity index (χ1n) is 6.87. The Morgan fingerprint density at radius 1 is 1.37 bits per heavy atom. The maximum absolute atomic E-state index is 11.6. The summed E-state index contributed by atoms with van der Waals surface area (Å²) in [5.41, 5.74) is 2.31. The van der Waals surface area contributed by atoms with Crippen molar-refractivity contribution in [3.05, 3.63) is 41.5 Å². The van der Waals surface area contributed by atoms with Gasteiger partial charge in [0.25, 0.3) is 0 Å². The molecule has 3 nitrogen and oxygen atoms in total. The van der Waals surface area contributed by atoms with Crippen LogP contribution in [0.2, 0.25) is 0 Å². The lowest BCUT2D eigenvalue weighted by atomic mass is 9.79. The van der Waals surface area contributed by atoms with Gasteiger partial charge in [0.2, 0.25) is 0 Å². The number of hydrogen-bond acceptors (Lipinski definition) is 3. The predicted octanol–water partition coefficient (Wildman–Crippen LogP) is 3.54. The molecule has 1 aliphatic carbocycles. The summed E-state index contributed by atoms with van der Waals surface area (Å²) in [7, 11) is 0. The van der Waals surface area contributed by atoms with Crippen LogP contribution in [0.5, 0.6) is 5.75 Å². The first-order valence-corrected chi connectivity index (χ1v) is 6.87. The molecule has 0 heterocycles. The number of phenolic OH excluding ortho intramolecular Hbond substituents is 1. The fourth-order valence-electron chi connectivity index (χ4n) is 2.63. The van der Waals surface area contributed by atoms with E-state index in [1.165, 1.54) is 6.42 Å².